The lowest BCUT2D eigenvalue weighted by molar-refractivity contribution is 0.0978. The summed E-state index contributed by atoms with van der Waals surface area (Å²) in [6, 6.07) is 9.95. The molecule has 2 aromatic rings. The van der Waals surface area contributed by atoms with Gasteiger partial charge in [0.05, 0.1) is 17.9 Å². The fourth-order valence-electron chi connectivity index (χ4n) is 1.57. The molecule has 0 radical (unpaired) electrons. The van der Waals surface area contributed by atoms with Gasteiger partial charge in [0.1, 0.15) is 5.92 Å². The summed E-state index contributed by atoms with van der Waals surface area (Å²) in [4.78, 5) is 12.1. The number of carbonyl (C=O) groups excluding carboxylic acids is 1. The Balaban J connectivity index is 2.36. The number of hydrogen-bond acceptors (Lipinski definition) is 3. The molecule has 1 aromatic carbocycles. The molecule has 0 spiro atoms. The highest BCUT2D eigenvalue weighted by Crippen LogP contribution is 2.26. The number of nitrogens with zero attached hydrogens (tertiary/aromatic N) is 1. The van der Waals surface area contributed by atoms with Crippen LogP contribution in [0, 0.1) is 11.3 Å². The van der Waals surface area contributed by atoms with Crippen molar-refractivity contribution in [3.8, 4) is 6.07 Å². The van der Waals surface area contributed by atoms with E-state index in [2.05, 4.69) is 0 Å². The van der Waals surface area contributed by atoms with Gasteiger partial charge in [-0.15, -0.1) is 0 Å². The van der Waals surface area contributed by atoms with Crippen molar-refractivity contribution in [2.24, 2.45) is 0 Å². The Bertz CT molecular complexity index is 611. The minimum atomic E-state index is -0.919. The van der Waals surface area contributed by atoms with Crippen LogP contribution in [0.25, 0.3) is 0 Å². The van der Waals surface area contributed by atoms with E-state index in [4.69, 9.17) is 32.9 Å². The third-order valence-electron chi connectivity index (χ3n) is 2.48. The second kappa shape index (κ2) is 5.26. The zero-order valence-corrected chi connectivity index (χ0v) is 10.6. The fourth-order valence-corrected chi connectivity index (χ4v) is 1.90. The van der Waals surface area contributed by atoms with Crippen LogP contribution in [0.3, 0.4) is 0 Å². The Kier molecular flexibility index (Phi) is 3.71. The highest BCUT2D eigenvalue weighted by atomic mass is 35.5. The summed E-state index contributed by atoms with van der Waals surface area (Å²) in [5.74, 6) is -1.31. The van der Waals surface area contributed by atoms with Gasteiger partial charge in [0, 0.05) is 5.02 Å². The summed E-state index contributed by atoms with van der Waals surface area (Å²) in [5, 5.41) is 9.67. The van der Waals surface area contributed by atoms with Gasteiger partial charge in [-0.05, 0) is 35.4 Å². The Labute approximate surface area is 114 Å². The van der Waals surface area contributed by atoms with Gasteiger partial charge in [-0.3, -0.25) is 4.79 Å². The maximum atomic E-state index is 12.1. The first-order valence-corrected chi connectivity index (χ1v) is 5.81. The van der Waals surface area contributed by atoms with Gasteiger partial charge >= 0.3 is 0 Å². The lowest BCUT2D eigenvalue weighted by Gasteiger charge is -2.07. The van der Waals surface area contributed by atoms with E-state index in [-0.39, 0.29) is 10.8 Å². The van der Waals surface area contributed by atoms with Gasteiger partial charge in [-0.25, -0.2) is 0 Å². The SMILES string of the molecule is N#CC(C(=O)c1ccoc1Cl)c1ccc(Cl)cc1. The molecule has 0 saturated heterocycles. The summed E-state index contributed by atoms with van der Waals surface area (Å²) in [7, 11) is 0. The van der Waals surface area contributed by atoms with Crippen LogP contribution >= 0.6 is 23.2 Å². The minimum Gasteiger partial charge on any atom is -0.452 e. The normalized spacial score (nSPS) is 11.8. The molecule has 5 heteroatoms. The Hall–Kier alpha value is -1.76. The van der Waals surface area contributed by atoms with Crippen molar-refractivity contribution < 1.29 is 9.21 Å². The monoisotopic (exact) mass is 279 g/mol. The Morgan fingerprint density at radius 3 is 2.39 bits per heavy atom. The number of hydrogen-bond donors (Lipinski definition) is 0. The van der Waals surface area contributed by atoms with Crippen LogP contribution in [0.15, 0.2) is 41.0 Å². The molecule has 0 amide bonds. The van der Waals surface area contributed by atoms with Crippen molar-refractivity contribution in [3.05, 3.63) is 58.0 Å². The summed E-state index contributed by atoms with van der Waals surface area (Å²) in [6.07, 6.45) is 1.31. The zero-order valence-electron chi connectivity index (χ0n) is 9.06. The summed E-state index contributed by atoms with van der Waals surface area (Å²) >= 11 is 11.5. The predicted octanol–water partition coefficient (Wildman–Crippen LogP) is 4.08. The standard InChI is InChI=1S/C13H7Cl2NO2/c14-9-3-1-8(2-4-9)11(7-16)12(17)10-5-6-18-13(10)15/h1-6,11H. The van der Waals surface area contributed by atoms with Gasteiger partial charge in [0.2, 0.25) is 5.22 Å². The van der Waals surface area contributed by atoms with Gasteiger partial charge in [-0.1, -0.05) is 23.7 Å². The smallest absolute Gasteiger partial charge is 0.203 e. The molecule has 0 aliphatic carbocycles. The van der Waals surface area contributed by atoms with E-state index in [1.54, 1.807) is 24.3 Å². The number of benzene rings is 1. The van der Waals surface area contributed by atoms with Crippen molar-refractivity contribution in [2.45, 2.75) is 5.92 Å². The van der Waals surface area contributed by atoms with Gasteiger partial charge in [0.15, 0.2) is 5.78 Å². The highest BCUT2D eigenvalue weighted by molar-refractivity contribution is 6.32. The molecule has 0 saturated carbocycles. The maximum Gasteiger partial charge on any atom is 0.203 e. The van der Waals surface area contributed by atoms with Crippen molar-refractivity contribution in [1.82, 2.24) is 0 Å². The molecule has 0 fully saturated rings. The van der Waals surface area contributed by atoms with E-state index in [1.165, 1.54) is 12.3 Å². The summed E-state index contributed by atoms with van der Waals surface area (Å²) < 4.78 is 4.85. The first-order valence-electron chi connectivity index (χ1n) is 5.05. The molecular weight excluding hydrogens is 273 g/mol. The topological polar surface area (TPSA) is 54.0 Å². The number of carbonyl (C=O) groups is 1. The quantitative estimate of drug-likeness (QED) is 0.796. The van der Waals surface area contributed by atoms with E-state index in [1.807, 2.05) is 6.07 Å². The molecule has 2 rings (SSSR count). The molecule has 3 nitrogen and oxygen atoms in total. The molecular formula is C13H7Cl2NO2. The second-order valence-corrected chi connectivity index (χ2v) is 4.37. The maximum absolute atomic E-state index is 12.1. The first kappa shape index (κ1) is 12.7. The molecule has 1 unspecified atom stereocenters. The van der Waals surface area contributed by atoms with Gasteiger partial charge in [-0.2, -0.15) is 5.26 Å². The van der Waals surface area contributed by atoms with Crippen molar-refractivity contribution in [1.29, 1.82) is 5.26 Å². The molecule has 1 aromatic heterocycles. The number of rotatable bonds is 3. The van der Waals surface area contributed by atoms with Crippen molar-refractivity contribution in [2.75, 3.05) is 0 Å². The first-order chi connectivity index (χ1) is 8.63. The average Bonchev–Trinajstić information content (AvgIpc) is 2.78. The van der Waals surface area contributed by atoms with Crippen LogP contribution in [0.5, 0.6) is 0 Å². The highest BCUT2D eigenvalue weighted by Gasteiger charge is 2.25. The third kappa shape index (κ3) is 2.40. The van der Waals surface area contributed by atoms with Crippen LogP contribution in [-0.2, 0) is 0 Å². The molecule has 0 bridgehead atoms. The van der Waals surface area contributed by atoms with E-state index in [0.29, 0.717) is 10.6 Å². The lowest BCUT2D eigenvalue weighted by Crippen LogP contribution is -2.10. The fraction of sp³-hybridized carbons (Fsp3) is 0.0769. The Morgan fingerprint density at radius 2 is 1.89 bits per heavy atom. The van der Waals surface area contributed by atoms with Crippen molar-refractivity contribution >= 4 is 29.0 Å². The number of furan rings is 1. The third-order valence-corrected chi connectivity index (χ3v) is 3.02. The van der Waals surface area contributed by atoms with Gasteiger partial charge in [0.25, 0.3) is 0 Å². The Morgan fingerprint density at radius 1 is 1.22 bits per heavy atom. The predicted molar refractivity (Wildman–Crippen MR) is 67.9 cm³/mol. The van der Waals surface area contributed by atoms with E-state index in [9.17, 15) is 4.79 Å². The average molecular weight is 280 g/mol. The number of nitriles is 1. The van der Waals surface area contributed by atoms with Crippen LogP contribution in [0.1, 0.15) is 21.8 Å². The zero-order chi connectivity index (χ0) is 13.1. The van der Waals surface area contributed by atoms with E-state index in [0.717, 1.165) is 0 Å². The molecule has 0 aliphatic heterocycles. The molecule has 0 aliphatic rings. The van der Waals surface area contributed by atoms with Crippen LogP contribution in [-0.4, -0.2) is 5.78 Å². The van der Waals surface area contributed by atoms with Gasteiger partial charge < -0.3 is 4.42 Å². The van der Waals surface area contributed by atoms with Crippen LogP contribution in [0.4, 0.5) is 0 Å². The van der Waals surface area contributed by atoms with Crippen LogP contribution in [0.2, 0.25) is 10.2 Å². The van der Waals surface area contributed by atoms with Crippen LogP contribution < -0.4 is 0 Å². The second-order valence-electron chi connectivity index (χ2n) is 3.59. The molecule has 18 heavy (non-hydrogen) atoms. The molecule has 1 atom stereocenters. The number of ketones is 1. The number of halogens is 2. The van der Waals surface area contributed by atoms with E-state index < -0.39 is 11.7 Å². The van der Waals surface area contributed by atoms with E-state index >= 15 is 0 Å². The lowest BCUT2D eigenvalue weighted by atomic mass is 9.93. The largest absolute Gasteiger partial charge is 0.452 e. The summed E-state index contributed by atoms with van der Waals surface area (Å²) in [5.41, 5.74) is 0.780. The number of Topliss-reactive ketones (excluding diaryl/α,β-unsaturated/α-hetero) is 1. The van der Waals surface area contributed by atoms with Crippen molar-refractivity contribution in [3.63, 3.8) is 0 Å². The molecule has 0 N–H and O–H groups in total. The summed E-state index contributed by atoms with van der Waals surface area (Å²) in [6.45, 7) is 0. The molecule has 90 valence electrons. The molecule has 1 heterocycles. The minimum absolute atomic E-state index is 0.00536.